The first-order valence-corrected chi connectivity index (χ1v) is 5.97. The molecule has 0 aliphatic carbocycles. The molecule has 17 heavy (non-hydrogen) atoms. The summed E-state index contributed by atoms with van der Waals surface area (Å²) < 4.78 is 5.20. The monoisotopic (exact) mass is 234 g/mol. The smallest absolute Gasteiger partial charge is 0.324 e. The number of esters is 1. The Morgan fingerprint density at radius 1 is 1.47 bits per heavy atom. The minimum atomic E-state index is -0.554. The molecular weight excluding hydrogens is 216 g/mol. The number of hydrogen-bond acceptors (Lipinski definition) is 4. The van der Waals surface area contributed by atoms with Crippen LogP contribution >= 0.6 is 0 Å². The van der Waals surface area contributed by atoms with Gasteiger partial charge in [-0.05, 0) is 24.9 Å². The van der Waals surface area contributed by atoms with Crippen LogP contribution in [-0.4, -0.2) is 24.6 Å². The second-order valence-corrected chi connectivity index (χ2v) is 4.32. The summed E-state index contributed by atoms with van der Waals surface area (Å²) in [6.45, 7) is 1.23. The quantitative estimate of drug-likeness (QED) is 0.757. The van der Waals surface area contributed by atoms with Gasteiger partial charge in [-0.25, -0.2) is 0 Å². The number of carbonyl (C=O) groups is 1. The van der Waals surface area contributed by atoms with Gasteiger partial charge < -0.3 is 15.8 Å². The van der Waals surface area contributed by atoms with Gasteiger partial charge in [0.2, 0.25) is 0 Å². The van der Waals surface area contributed by atoms with Crippen LogP contribution in [0.3, 0.4) is 0 Å². The predicted molar refractivity (Wildman–Crippen MR) is 65.2 cm³/mol. The van der Waals surface area contributed by atoms with Crippen LogP contribution in [0.15, 0.2) is 30.3 Å². The second kappa shape index (κ2) is 5.80. The molecule has 4 heteroatoms. The summed E-state index contributed by atoms with van der Waals surface area (Å²) in [5.41, 5.74) is 6.83. The maximum Gasteiger partial charge on any atom is 0.324 e. The predicted octanol–water partition coefficient (Wildman–Crippen LogP) is 0.809. The zero-order valence-electron chi connectivity index (χ0n) is 9.76. The fourth-order valence-electron chi connectivity index (χ4n) is 2.01. The average molecular weight is 234 g/mol. The van der Waals surface area contributed by atoms with E-state index in [2.05, 4.69) is 5.32 Å². The Labute approximate surface area is 101 Å². The highest BCUT2D eigenvalue weighted by atomic mass is 16.5. The van der Waals surface area contributed by atoms with E-state index < -0.39 is 6.04 Å². The standard InChI is InChI=1S/C13H18N2O2/c14-12(11-7-4-8-15-11)13(16)17-9-10-5-2-1-3-6-10/h1-3,5-6,11-12,15H,4,7-9,14H2. The highest BCUT2D eigenvalue weighted by molar-refractivity contribution is 5.76. The van der Waals surface area contributed by atoms with E-state index in [1.54, 1.807) is 0 Å². The molecule has 1 fully saturated rings. The molecule has 0 amide bonds. The van der Waals surface area contributed by atoms with E-state index in [-0.39, 0.29) is 12.0 Å². The van der Waals surface area contributed by atoms with Crippen LogP contribution in [0, 0.1) is 0 Å². The van der Waals surface area contributed by atoms with Gasteiger partial charge in [-0.2, -0.15) is 0 Å². The van der Waals surface area contributed by atoms with Gasteiger partial charge in [-0.15, -0.1) is 0 Å². The van der Waals surface area contributed by atoms with Crippen LogP contribution in [0.5, 0.6) is 0 Å². The molecule has 1 saturated heterocycles. The van der Waals surface area contributed by atoms with Crippen molar-refractivity contribution in [1.29, 1.82) is 0 Å². The molecule has 1 heterocycles. The summed E-state index contributed by atoms with van der Waals surface area (Å²) in [7, 11) is 0. The van der Waals surface area contributed by atoms with Crippen molar-refractivity contribution in [3.63, 3.8) is 0 Å². The number of ether oxygens (including phenoxy) is 1. The molecule has 4 nitrogen and oxygen atoms in total. The molecule has 0 bridgehead atoms. The minimum absolute atomic E-state index is 0.0678. The van der Waals surface area contributed by atoms with Crippen molar-refractivity contribution in [3.8, 4) is 0 Å². The minimum Gasteiger partial charge on any atom is -0.460 e. The van der Waals surface area contributed by atoms with Crippen LogP contribution < -0.4 is 11.1 Å². The van der Waals surface area contributed by atoms with E-state index in [1.807, 2.05) is 30.3 Å². The molecule has 0 saturated carbocycles. The molecule has 0 radical (unpaired) electrons. The number of carbonyl (C=O) groups excluding carboxylic acids is 1. The van der Waals surface area contributed by atoms with Crippen molar-refractivity contribution in [2.24, 2.45) is 5.73 Å². The lowest BCUT2D eigenvalue weighted by Gasteiger charge is -2.17. The summed E-state index contributed by atoms with van der Waals surface area (Å²) in [4.78, 5) is 11.7. The van der Waals surface area contributed by atoms with E-state index in [9.17, 15) is 4.79 Å². The Kier molecular flexibility index (Phi) is 4.12. The van der Waals surface area contributed by atoms with Gasteiger partial charge in [-0.3, -0.25) is 4.79 Å². The summed E-state index contributed by atoms with van der Waals surface area (Å²) in [6.07, 6.45) is 2.02. The summed E-state index contributed by atoms with van der Waals surface area (Å²) >= 11 is 0. The largest absolute Gasteiger partial charge is 0.460 e. The fourth-order valence-corrected chi connectivity index (χ4v) is 2.01. The molecule has 2 unspecified atom stereocenters. The van der Waals surface area contributed by atoms with Crippen molar-refractivity contribution in [1.82, 2.24) is 5.32 Å². The topological polar surface area (TPSA) is 64.4 Å². The third-order valence-electron chi connectivity index (χ3n) is 3.03. The highest BCUT2D eigenvalue weighted by Crippen LogP contribution is 2.10. The van der Waals surface area contributed by atoms with Crippen LogP contribution in [0.4, 0.5) is 0 Å². The van der Waals surface area contributed by atoms with Crippen LogP contribution in [-0.2, 0) is 16.1 Å². The number of nitrogens with two attached hydrogens (primary N) is 1. The molecule has 1 aliphatic heterocycles. The average Bonchev–Trinajstić information content (AvgIpc) is 2.90. The van der Waals surface area contributed by atoms with E-state index in [0.717, 1.165) is 24.9 Å². The van der Waals surface area contributed by atoms with Gasteiger partial charge in [0.15, 0.2) is 0 Å². The number of rotatable bonds is 4. The van der Waals surface area contributed by atoms with E-state index in [1.165, 1.54) is 0 Å². The number of hydrogen-bond donors (Lipinski definition) is 2. The van der Waals surface area contributed by atoms with E-state index in [0.29, 0.717) is 6.61 Å². The van der Waals surface area contributed by atoms with Gasteiger partial charge in [0.25, 0.3) is 0 Å². The normalized spacial score (nSPS) is 21.1. The zero-order chi connectivity index (χ0) is 12.1. The SMILES string of the molecule is NC(C(=O)OCc1ccccc1)C1CCCN1. The van der Waals surface area contributed by atoms with Gasteiger partial charge in [0.1, 0.15) is 12.6 Å². The van der Waals surface area contributed by atoms with Crippen molar-refractivity contribution < 1.29 is 9.53 Å². The first kappa shape index (κ1) is 12.1. The van der Waals surface area contributed by atoms with Crippen molar-refractivity contribution in [3.05, 3.63) is 35.9 Å². The van der Waals surface area contributed by atoms with Gasteiger partial charge in [-0.1, -0.05) is 30.3 Å². The molecule has 1 aliphatic rings. The maximum absolute atomic E-state index is 11.7. The van der Waals surface area contributed by atoms with Crippen molar-refractivity contribution in [2.75, 3.05) is 6.54 Å². The Balaban J connectivity index is 1.80. The Hall–Kier alpha value is -1.39. The lowest BCUT2D eigenvalue weighted by atomic mass is 10.1. The second-order valence-electron chi connectivity index (χ2n) is 4.32. The zero-order valence-corrected chi connectivity index (χ0v) is 9.76. The molecule has 0 spiro atoms. The third-order valence-corrected chi connectivity index (χ3v) is 3.03. The Bertz CT molecular complexity index is 361. The lowest BCUT2D eigenvalue weighted by molar-refractivity contribution is -0.147. The third kappa shape index (κ3) is 3.28. The Morgan fingerprint density at radius 2 is 2.24 bits per heavy atom. The van der Waals surface area contributed by atoms with Gasteiger partial charge >= 0.3 is 5.97 Å². The Morgan fingerprint density at radius 3 is 2.88 bits per heavy atom. The maximum atomic E-state index is 11.7. The molecule has 2 rings (SSSR count). The summed E-state index contributed by atoms with van der Waals surface area (Å²) in [6, 6.07) is 9.13. The van der Waals surface area contributed by atoms with E-state index >= 15 is 0 Å². The van der Waals surface area contributed by atoms with Crippen LogP contribution in [0.1, 0.15) is 18.4 Å². The molecule has 1 aromatic carbocycles. The first-order valence-electron chi connectivity index (χ1n) is 5.97. The number of nitrogens with one attached hydrogen (secondary N) is 1. The van der Waals surface area contributed by atoms with Crippen LogP contribution in [0.2, 0.25) is 0 Å². The molecule has 92 valence electrons. The fraction of sp³-hybridized carbons (Fsp3) is 0.462. The lowest BCUT2D eigenvalue weighted by Crippen LogP contribution is -2.47. The molecule has 1 aromatic rings. The molecule has 0 aromatic heterocycles. The summed E-state index contributed by atoms with van der Waals surface area (Å²) in [5.74, 6) is -0.326. The van der Waals surface area contributed by atoms with Crippen molar-refractivity contribution >= 4 is 5.97 Å². The summed E-state index contributed by atoms with van der Waals surface area (Å²) in [5, 5.41) is 3.21. The van der Waals surface area contributed by atoms with E-state index in [4.69, 9.17) is 10.5 Å². The number of benzene rings is 1. The van der Waals surface area contributed by atoms with Crippen LogP contribution in [0.25, 0.3) is 0 Å². The molecular formula is C13H18N2O2. The molecule has 3 N–H and O–H groups in total. The van der Waals surface area contributed by atoms with Gasteiger partial charge in [0, 0.05) is 6.04 Å². The van der Waals surface area contributed by atoms with Gasteiger partial charge in [0.05, 0.1) is 0 Å². The molecule has 2 atom stereocenters. The van der Waals surface area contributed by atoms with Crippen molar-refractivity contribution in [2.45, 2.75) is 31.5 Å². The highest BCUT2D eigenvalue weighted by Gasteiger charge is 2.28. The first-order chi connectivity index (χ1) is 8.27.